The summed E-state index contributed by atoms with van der Waals surface area (Å²) in [7, 11) is 1.72. The Labute approximate surface area is 104 Å². The Morgan fingerprint density at radius 3 is 2.94 bits per heavy atom. The molecule has 90 valence electrons. The normalized spacial score (nSPS) is 13.4. The van der Waals surface area contributed by atoms with Crippen LogP contribution in [0, 0.1) is 6.92 Å². The second-order valence-corrected chi connectivity index (χ2v) is 4.19. The fourth-order valence-corrected chi connectivity index (χ4v) is 1.93. The van der Waals surface area contributed by atoms with Gasteiger partial charge >= 0.3 is 0 Å². The largest absolute Gasteiger partial charge is 0.435 e. The third-order valence-electron chi connectivity index (χ3n) is 2.91. The Kier molecular flexibility index (Phi) is 2.26. The minimum absolute atomic E-state index is 0.150. The number of hydrogen-bond donors (Lipinski definition) is 0. The number of rotatable bonds is 0. The molecule has 0 radical (unpaired) electrons. The van der Waals surface area contributed by atoms with Crippen molar-refractivity contribution >= 4 is 11.6 Å². The second-order valence-electron chi connectivity index (χ2n) is 4.19. The Balaban J connectivity index is 2.24. The summed E-state index contributed by atoms with van der Waals surface area (Å²) in [5.74, 6) is 0.714. The van der Waals surface area contributed by atoms with Gasteiger partial charge in [0.05, 0.1) is 11.9 Å². The zero-order valence-corrected chi connectivity index (χ0v) is 10.0. The molecule has 1 aromatic heterocycles. The first-order chi connectivity index (χ1) is 8.66. The van der Waals surface area contributed by atoms with Crippen molar-refractivity contribution in [3.8, 4) is 11.6 Å². The van der Waals surface area contributed by atoms with Gasteiger partial charge in [-0.15, -0.1) is 5.10 Å². The molecule has 0 aliphatic carbocycles. The maximum absolute atomic E-state index is 12.3. The van der Waals surface area contributed by atoms with Crippen molar-refractivity contribution in [2.75, 3.05) is 11.9 Å². The van der Waals surface area contributed by atoms with Gasteiger partial charge in [0, 0.05) is 7.05 Å². The standard InChI is InChI=1S/C13H11N3O2/c1-8-3-4-10-11(7-8)18-12-9(5-6-14-15-12)13(17)16(10)2/h3-7H,1-2H3. The molecule has 0 fully saturated rings. The number of benzene rings is 1. The summed E-state index contributed by atoms with van der Waals surface area (Å²) in [6.45, 7) is 1.97. The molecule has 1 amide bonds. The van der Waals surface area contributed by atoms with Gasteiger partial charge in [-0.3, -0.25) is 4.79 Å². The van der Waals surface area contributed by atoms with Gasteiger partial charge in [-0.05, 0) is 30.7 Å². The van der Waals surface area contributed by atoms with E-state index in [2.05, 4.69) is 10.2 Å². The third kappa shape index (κ3) is 1.52. The highest BCUT2D eigenvalue weighted by molar-refractivity contribution is 6.08. The topological polar surface area (TPSA) is 55.3 Å². The first kappa shape index (κ1) is 10.7. The minimum atomic E-state index is -0.150. The van der Waals surface area contributed by atoms with E-state index in [4.69, 9.17) is 4.74 Å². The molecule has 0 spiro atoms. The van der Waals surface area contributed by atoms with E-state index in [0.29, 0.717) is 11.3 Å². The van der Waals surface area contributed by atoms with Crippen LogP contribution in [0.3, 0.4) is 0 Å². The summed E-state index contributed by atoms with van der Waals surface area (Å²) in [4.78, 5) is 13.8. The SMILES string of the molecule is Cc1ccc2c(c1)Oc1nnccc1C(=O)N2C. The predicted octanol–water partition coefficient (Wildman–Crippen LogP) is 2.17. The highest BCUT2D eigenvalue weighted by Gasteiger charge is 2.26. The lowest BCUT2D eigenvalue weighted by Crippen LogP contribution is -2.25. The van der Waals surface area contributed by atoms with Gasteiger partial charge in [-0.1, -0.05) is 6.07 Å². The summed E-state index contributed by atoms with van der Waals surface area (Å²) < 4.78 is 5.69. The molecule has 5 nitrogen and oxygen atoms in total. The Bertz CT molecular complexity index is 640. The molecule has 3 rings (SSSR count). The van der Waals surface area contributed by atoms with E-state index in [1.165, 1.54) is 6.20 Å². The predicted molar refractivity (Wildman–Crippen MR) is 66.0 cm³/mol. The van der Waals surface area contributed by atoms with E-state index in [-0.39, 0.29) is 11.8 Å². The lowest BCUT2D eigenvalue weighted by Gasteiger charge is -2.16. The zero-order valence-electron chi connectivity index (χ0n) is 10.0. The maximum Gasteiger partial charge on any atom is 0.263 e. The number of ether oxygens (including phenoxy) is 1. The summed E-state index contributed by atoms with van der Waals surface area (Å²) in [5, 5.41) is 7.62. The van der Waals surface area contributed by atoms with Crippen LogP contribution in [-0.4, -0.2) is 23.2 Å². The molecular weight excluding hydrogens is 230 g/mol. The number of amides is 1. The molecule has 0 bridgehead atoms. The minimum Gasteiger partial charge on any atom is -0.435 e. The fourth-order valence-electron chi connectivity index (χ4n) is 1.93. The summed E-state index contributed by atoms with van der Waals surface area (Å²) in [6.07, 6.45) is 1.48. The van der Waals surface area contributed by atoms with Crippen molar-refractivity contribution in [2.45, 2.75) is 6.92 Å². The Morgan fingerprint density at radius 1 is 1.28 bits per heavy atom. The van der Waals surface area contributed by atoms with E-state index in [9.17, 15) is 4.79 Å². The molecule has 0 N–H and O–H groups in total. The monoisotopic (exact) mass is 241 g/mol. The number of carbonyl (C=O) groups excluding carboxylic acids is 1. The maximum atomic E-state index is 12.3. The summed E-state index contributed by atoms with van der Waals surface area (Å²) in [6, 6.07) is 7.29. The molecule has 2 heterocycles. The average Bonchev–Trinajstić information content (AvgIpc) is 2.47. The average molecular weight is 241 g/mol. The highest BCUT2D eigenvalue weighted by Crippen LogP contribution is 2.37. The Hall–Kier alpha value is -2.43. The highest BCUT2D eigenvalue weighted by atomic mass is 16.5. The Morgan fingerprint density at radius 2 is 2.11 bits per heavy atom. The molecule has 0 atom stereocenters. The van der Waals surface area contributed by atoms with Crippen molar-refractivity contribution in [1.29, 1.82) is 0 Å². The van der Waals surface area contributed by atoms with Crippen molar-refractivity contribution in [3.63, 3.8) is 0 Å². The van der Waals surface area contributed by atoms with E-state index < -0.39 is 0 Å². The van der Waals surface area contributed by atoms with E-state index >= 15 is 0 Å². The van der Waals surface area contributed by atoms with Crippen LogP contribution in [0.5, 0.6) is 11.6 Å². The number of hydrogen-bond acceptors (Lipinski definition) is 4. The number of aromatic nitrogens is 2. The molecular formula is C13H11N3O2. The molecule has 1 aliphatic heterocycles. The van der Waals surface area contributed by atoms with Crippen molar-refractivity contribution in [1.82, 2.24) is 10.2 Å². The van der Waals surface area contributed by atoms with Crippen LogP contribution >= 0.6 is 0 Å². The smallest absolute Gasteiger partial charge is 0.263 e. The lowest BCUT2D eigenvalue weighted by molar-refractivity contribution is 0.0992. The summed E-state index contributed by atoms with van der Waals surface area (Å²) >= 11 is 0. The molecule has 0 unspecified atom stereocenters. The van der Waals surface area contributed by atoms with E-state index in [1.54, 1.807) is 18.0 Å². The van der Waals surface area contributed by atoms with Gasteiger partial charge in [0.1, 0.15) is 5.56 Å². The van der Waals surface area contributed by atoms with Gasteiger partial charge in [0.25, 0.3) is 11.8 Å². The molecule has 1 aromatic carbocycles. The second kappa shape index (κ2) is 3.80. The van der Waals surface area contributed by atoms with Gasteiger partial charge < -0.3 is 9.64 Å². The quantitative estimate of drug-likeness (QED) is 0.709. The van der Waals surface area contributed by atoms with Gasteiger partial charge in [0.2, 0.25) is 0 Å². The van der Waals surface area contributed by atoms with Gasteiger partial charge in [-0.25, -0.2) is 0 Å². The van der Waals surface area contributed by atoms with Crippen molar-refractivity contribution in [3.05, 3.63) is 41.6 Å². The molecule has 18 heavy (non-hydrogen) atoms. The molecule has 2 aromatic rings. The number of nitrogens with zero attached hydrogens (tertiary/aromatic N) is 3. The van der Waals surface area contributed by atoms with Crippen LogP contribution < -0.4 is 9.64 Å². The number of anilines is 1. The van der Waals surface area contributed by atoms with Crippen molar-refractivity contribution < 1.29 is 9.53 Å². The van der Waals surface area contributed by atoms with E-state index in [1.807, 2.05) is 25.1 Å². The van der Waals surface area contributed by atoms with Crippen LogP contribution in [0.25, 0.3) is 0 Å². The van der Waals surface area contributed by atoms with Gasteiger partial charge in [-0.2, -0.15) is 5.10 Å². The van der Waals surface area contributed by atoms with Gasteiger partial charge in [0.15, 0.2) is 5.75 Å². The number of fused-ring (bicyclic) bond motifs is 2. The molecule has 5 heteroatoms. The van der Waals surface area contributed by atoms with Crippen LogP contribution in [-0.2, 0) is 0 Å². The number of aryl methyl sites for hydroxylation is 1. The first-order valence-corrected chi connectivity index (χ1v) is 5.55. The van der Waals surface area contributed by atoms with E-state index in [0.717, 1.165) is 11.3 Å². The summed E-state index contributed by atoms with van der Waals surface area (Å²) in [5.41, 5.74) is 2.20. The van der Waals surface area contributed by atoms with Crippen LogP contribution in [0.4, 0.5) is 5.69 Å². The third-order valence-corrected chi connectivity index (χ3v) is 2.91. The van der Waals surface area contributed by atoms with Crippen LogP contribution in [0.2, 0.25) is 0 Å². The first-order valence-electron chi connectivity index (χ1n) is 5.55. The van der Waals surface area contributed by atoms with Crippen LogP contribution in [0.15, 0.2) is 30.5 Å². The molecule has 0 saturated carbocycles. The molecule has 0 saturated heterocycles. The molecule has 1 aliphatic rings. The van der Waals surface area contributed by atoms with Crippen molar-refractivity contribution in [2.24, 2.45) is 0 Å². The number of carbonyl (C=O) groups is 1. The lowest BCUT2D eigenvalue weighted by atomic mass is 10.2. The van der Waals surface area contributed by atoms with Crippen LogP contribution in [0.1, 0.15) is 15.9 Å². The zero-order chi connectivity index (χ0) is 12.7. The fraction of sp³-hybridized carbons (Fsp3) is 0.154.